The molecule has 0 N–H and O–H groups in total. The van der Waals surface area contributed by atoms with Gasteiger partial charge in [-0.1, -0.05) is 37.3 Å². The highest BCUT2D eigenvalue weighted by Gasteiger charge is 2.17. The van der Waals surface area contributed by atoms with Gasteiger partial charge in [0.1, 0.15) is 24.2 Å². The summed E-state index contributed by atoms with van der Waals surface area (Å²) in [6.45, 7) is 2.93. The molecule has 0 saturated carbocycles. The smallest absolute Gasteiger partial charge is 0.306 e. The van der Waals surface area contributed by atoms with Gasteiger partial charge in [-0.25, -0.2) is 0 Å². The monoisotopic (exact) mass is 399 g/mol. The Morgan fingerprint density at radius 2 is 1.86 bits per heavy atom. The van der Waals surface area contributed by atoms with Crippen molar-refractivity contribution in [1.29, 1.82) is 0 Å². The van der Waals surface area contributed by atoms with Crippen LogP contribution in [0.3, 0.4) is 0 Å². The van der Waals surface area contributed by atoms with Gasteiger partial charge in [0.2, 0.25) is 0 Å². The molecule has 158 valence electrons. The van der Waals surface area contributed by atoms with E-state index in [0.717, 1.165) is 36.3 Å². The zero-order valence-corrected chi connectivity index (χ0v) is 18.0. The summed E-state index contributed by atoms with van der Waals surface area (Å²) in [5.74, 6) is 1.53. The van der Waals surface area contributed by atoms with Crippen LogP contribution in [-0.2, 0) is 22.4 Å². The summed E-state index contributed by atoms with van der Waals surface area (Å²) in [4.78, 5) is 13.9. The topological polar surface area (TPSA) is 48.0 Å². The zero-order chi connectivity index (χ0) is 21.1. The van der Waals surface area contributed by atoms with E-state index in [2.05, 4.69) is 18.2 Å². The van der Waals surface area contributed by atoms with Gasteiger partial charge in [-0.2, -0.15) is 0 Å². The summed E-state index contributed by atoms with van der Waals surface area (Å²) < 4.78 is 17.0. The molecule has 2 rings (SSSR count). The summed E-state index contributed by atoms with van der Waals surface area (Å²) in [5.41, 5.74) is 2.36. The molecule has 0 aromatic heterocycles. The molecule has 0 aliphatic rings. The van der Waals surface area contributed by atoms with Crippen molar-refractivity contribution in [3.63, 3.8) is 0 Å². The minimum Gasteiger partial charge on any atom is -0.497 e. The molecule has 0 unspecified atom stereocenters. The molecule has 0 aliphatic heterocycles. The number of methoxy groups -OCH3 is 1. The number of likely N-dealkylation sites (N-methyl/N-ethyl adjacent to an activating group) is 1. The van der Waals surface area contributed by atoms with Crippen LogP contribution in [0.25, 0.3) is 0 Å². The normalized spacial score (nSPS) is 11.9. The van der Waals surface area contributed by atoms with Crippen molar-refractivity contribution >= 4 is 5.97 Å². The Kier molecular flexibility index (Phi) is 9.51. The van der Waals surface area contributed by atoms with Crippen LogP contribution in [0.4, 0.5) is 0 Å². The fourth-order valence-electron chi connectivity index (χ4n) is 3.12. The third-order valence-corrected chi connectivity index (χ3v) is 4.54. The van der Waals surface area contributed by atoms with Crippen LogP contribution in [0.5, 0.6) is 11.5 Å². The Hall–Kier alpha value is -2.53. The van der Waals surface area contributed by atoms with Crippen LogP contribution in [0.15, 0.2) is 48.5 Å². The van der Waals surface area contributed by atoms with Gasteiger partial charge in [0.15, 0.2) is 0 Å². The number of aryl methyl sites for hydroxylation is 2. The van der Waals surface area contributed by atoms with E-state index in [9.17, 15) is 4.79 Å². The van der Waals surface area contributed by atoms with E-state index in [1.165, 1.54) is 5.56 Å². The standard InChI is InChI=1S/C24H33NO4/c1-5-9-24(26)29-22(17-25(2)3)18-28-23-13-7-6-11-20(23)15-14-19-10-8-12-21(16-19)27-4/h6-8,10-13,16,22H,5,9,14-15,17-18H2,1-4H3/t22-/m0/s1. The highest BCUT2D eigenvalue weighted by molar-refractivity contribution is 5.69. The average molecular weight is 400 g/mol. The Morgan fingerprint density at radius 3 is 2.59 bits per heavy atom. The molecule has 5 heteroatoms. The minimum atomic E-state index is -0.296. The van der Waals surface area contributed by atoms with Gasteiger partial charge >= 0.3 is 5.97 Å². The molecule has 2 aromatic carbocycles. The predicted molar refractivity (Wildman–Crippen MR) is 116 cm³/mol. The highest BCUT2D eigenvalue weighted by Crippen LogP contribution is 2.22. The van der Waals surface area contributed by atoms with E-state index in [4.69, 9.17) is 14.2 Å². The number of hydrogen-bond acceptors (Lipinski definition) is 5. The first-order valence-electron chi connectivity index (χ1n) is 10.2. The molecule has 0 radical (unpaired) electrons. The lowest BCUT2D eigenvalue weighted by atomic mass is 10.0. The molecule has 29 heavy (non-hydrogen) atoms. The third kappa shape index (κ3) is 8.16. The molecule has 0 heterocycles. The molecular weight excluding hydrogens is 366 g/mol. The van der Waals surface area contributed by atoms with Crippen molar-refractivity contribution in [2.24, 2.45) is 0 Å². The van der Waals surface area contributed by atoms with E-state index >= 15 is 0 Å². The van der Waals surface area contributed by atoms with Gasteiger partial charge in [-0.05, 0) is 62.7 Å². The summed E-state index contributed by atoms with van der Waals surface area (Å²) in [7, 11) is 5.60. The van der Waals surface area contributed by atoms with Crippen molar-refractivity contribution in [1.82, 2.24) is 4.90 Å². The summed E-state index contributed by atoms with van der Waals surface area (Å²) in [6.07, 6.45) is 2.67. The first kappa shape index (κ1) is 22.8. The van der Waals surface area contributed by atoms with Crippen LogP contribution in [0.2, 0.25) is 0 Å². The van der Waals surface area contributed by atoms with E-state index in [1.54, 1.807) is 7.11 Å². The van der Waals surface area contributed by atoms with Crippen LogP contribution in [0, 0.1) is 0 Å². The van der Waals surface area contributed by atoms with E-state index in [-0.39, 0.29) is 12.1 Å². The second kappa shape index (κ2) is 12.1. The lowest BCUT2D eigenvalue weighted by Crippen LogP contribution is -2.35. The molecule has 0 spiro atoms. The fourth-order valence-corrected chi connectivity index (χ4v) is 3.12. The number of nitrogens with zero attached hydrogens (tertiary/aromatic N) is 1. The van der Waals surface area contributed by atoms with Gasteiger partial charge in [-0.3, -0.25) is 4.79 Å². The Balaban J connectivity index is 1.99. The van der Waals surface area contributed by atoms with E-state index < -0.39 is 0 Å². The minimum absolute atomic E-state index is 0.172. The number of esters is 1. The first-order valence-corrected chi connectivity index (χ1v) is 10.2. The van der Waals surface area contributed by atoms with Crippen molar-refractivity contribution in [3.8, 4) is 11.5 Å². The fraction of sp³-hybridized carbons (Fsp3) is 0.458. The summed E-state index contributed by atoms with van der Waals surface area (Å²) >= 11 is 0. The highest BCUT2D eigenvalue weighted by atomic mass is 16.6. The quantitative estimate of drug-likeness (QED) is 0.502. The lowest BCUT2D eigenvalue weighted by molar-refractivity contribution is -0.151. The van der Waals surface area contributed by atoms with Crippen molar-refractivity contribution < 1.29 is 19.0 Å². The van der Waals surface area contributed by atoms with E-state index in [0.29, 0.717) is 19.6 Å². The second-order valence-electron chi connectivity index (χ2n) is 7.39. The van der Waals surface area contributed by atoms with Crippen molar-refractivity contribution in [2.75, 3.05) is 34.4 Å². The van der Waals surface area contributed by atoms with Crippen molar-refractivity contribution in [2.45, 2.75) is 38.7 Å². The number of benzene rings is 2. The average Bonchev–Trinajstić information content (AvgIpc) is 2.71. The van der Waals surface area contributed by atoms with Gasteiger partial charge in [0.05, 0.1) is 7.11 Å². The Bertz CT molecular complexity index is 760. The summed E-state index contributed by atoms with van der Waals surface area (Å²) in [5, 5.41) is 0. The molecule has 0 saturated heterocycles. The van der Waals surface area contributed by atoms with Gasteiger partial charge < -0.3 is 19.1 Å². The van der Waals surface area contributed by atoms with Crippen LogP contribution < -0.4 is 9.47 Å². The maximum atomic E-state index is 11.9. The molecule has 1 atom stereocenters. The predicted octanol–water partition coefficient (Wildman–Crippen LogP) is 4.13. The van der Waals surface area contributed by atoms with E-state index in [1.807, 2.05) is 56.3 Å². The molecule has 0 amide bonds. The number of para-hydroxylation sites is 1. The largest absolute Gasteiger partial charge is 0.497 e. The Labute approximate surface area is 174 Å². The number of ether oxygens (including phenoxy) is 3. The SMILES string of the molecule is CCCC(=O)O[C@H](COc1ccccc1CCc1cccc(OC)c1)CN(C)C. The second-order valence-corrected chi connectivity index (χ2v) is 7.39. The first-order chi connectivity index (χ1) is 14.0. The number of carbonyl (C=O) groups is 1. The van der Waals surface area contributed by atoms with Crippen LogP contribution in [0.1, 0.15) is 30.9 Å². The maximum Gasteiger partial charge on any atom is 0.306 e. The van der Waals surface area contributed by atoms with Crippen LogP contribution >= 0.6 is 0 Å². The molecular formula is C24H33NO4. The van der Waals surface area contributed by atoms with Crippen molar-refractivity contribution in [3.05, 3.63) is 59.7 Å². The molecule has 2 aromatic rings. The zero-order valence-electron chi connectivity index (χ0n) is 18.0. The number of rotatable bonds is 12. The molecule has 0 fully saturated rings. The molecule has 0 bridgehead atoms. The summed E-state index contributed by atoms with van der Waals surface area (Å²) in [6, 6.07) is 16.2. The maximum absolute atomic E-state index is 11.9. The van der Waals surface area contributed by atoms with Gasteiger partial charge in [-0.15, -0.1) is 0 Å². The number of hydrogen-bond donors (Lipinski definition) is 0. The van der Waals surface area contributed by atoms with Gasteiger partial charge in [0, 0.05) is 13.0 Å². The number of carbonyl (C=O) groups excluding carboxylic acids is 1. The van der Waals surface area contributed by atoms with Gasteiger partial charge in [0.25, 0.3) is 0 Å². The lowest BCUT2D eigenvalue weighted by Gasteiger charge is -2.22. The van der Waals surface area contributed by atoms with Crippen LogP contribution in [-0.4, -0.2) is 51.3 Å². The Morgan fingerprint density at radius 1 is 1.07 bits per heavy atom. The third-order valence-electron chi connectivity index (χ3n) is 4.54. The molecule has 0 aliphatic carbocycles. The molecule has 5 nitrogen and oxygen atoms in total.